The van der Waals surface area contributed by atoms with Gasteiger partial charge in [-0.05, 0) is 31.2 Å². The van der Waals surface area contributed by atoms with E-state index < -0.39 is 28.7 Å². The molecule has 1 aromatic heterocycles. The van der Waals surface area contributed by atoms with Crippen molar-refractivity contribution in [3.05, 3.63) is 56.9 Å². The largest absolute Gasteiger partial charge is 0.484 e. The molecule has 2 aromatic rings. The summed E-state index contributed by atoms with van der Waals surface area (Å²) < 4.78 is 7.00. The fourth-order valence-electron chi connectivity index (χ4n) is 2.07. The molecule has 0 aliphatic carbocycles. The molecule has 0 atom stereocenters. The maximum atomic E-state index is 12.3. The van der Waals surface area contributed by atoms with Crippen molar-refractivity contribution in [2.75, 3.05) is 6.61 Å². The van der Waals surface area contributed by atoms with Crippen LogP contribution < -0.4 is 21.7 Å². The number of primary amides is 1. The first-order valence-electron chi connectivity index (χ1n) is 6.96. The highest BCUT2D eigenvalue weighted by Gasteiger charge is 2.16. The van der Waals surface area contributed by atoms with Crippen LogP contribution in [0.2, 0.25) is 0 Å². The lowest BCUT2D eigenvalue weighted by molar-refractivity contribution is -0.119. The minimum atomic E-state index is -1.42. The smallest absolute Gasteiger partial charge is 0.342 e. The second kappa shape index (κ2) is 6.82. The Labute approximate surface area is 135 Å². The zero-order chi connectivity index (χ0) is 17.9. The number of benzene rings is 1. The van der Waals surface area contributed by atoms with Gasteiger partial charge in [-0.15, -0.1) is 0 Å². The maximum Gasteiger partial charge on any atom is 0.342 e. The molecule has 2 rings (SSSR count). The molecule has 0 saturated heterocycles. The van der Waals surface area contributed by atoms with Crippen LogP contribution in [0.3, 0.4) is 0 Å². The lowest BCUT2D eigenvalue weighted by atomic mass is 10.2. The van der Waals surface area contributed by atoms with Gasteiger partial charge in [-0.1, -0.05) is 0 Å². The van der Waals surface area contributed by atoms with Crippen LogP contribution in [0.1, 0.15) is 17.3 Å². The highest BCUT2D eigenvalue weighted by molar-refractivity contribution is 5.86. The molecule has 24 heavy (non-hydrogen) atoms. The Balaban J connectivity index is 2.50. The predicted molar refractivity (Wildman–Crippen MR) is 83.6 cm³/mol. The number of hydrogen-bond acceptors (Lipinski definition) is 5. The van der Waals surface area contributed by atoms with E-state index in [-0.39, 0.29) is 13.2 Å². The van der Waals surface area contributed by atoms with E-state index in [1.807, 2.05) is 0 Å². The number of nitrogens with two attached hydrogens (primary N) is 1. The second-order valence-electron chi connectivity index (χ2n) is 4.80. The van der Waals surface area contributed by atoms with E-state index in [0.717, 1.165) is 15.3 Å². The predicted octanol–water partition coefficient (Wildman–Crippen LogP) is -0.419. The van der Waals surface area contributed by atoms with Crippen molar-refractivity contribution in [1.82, 2.24) is 9.13 Å². The van der Waals surface area contributed by atoms with Crippen molar-refractivity contribution in [1.29, 1.82) is 0 Å². The molecule has 1 amide bonds. The number of aromatic carboxylic acids is 1. The summed E-state index contributed by atoms with van der Waals surface area (Å²) in [6.07, 6.45) is 0.985. The molecule has 1 heterocycles. The number of carbonyl (C=O) groups excluding carboxylic acids is 1. The van der Waals surface area contributed by atoms with E-state index in [1.165, 1.54) is 24.3 Å². The third-order valence-electron chi connectivity index (χ3n) is 3.21. The molecular formula is C15H15N3O6. The van der Waals surface area contributed by atoms with E-state index in [0.29, 0.717) is 11.4 Å². The van der Waals surface area contributed by atoms with Gasteiger partial charge in [-0.2, -0.15) is 0 Å². The zero-order valence-electron chi connectivity index (χ0n) is 12.8. The van der Waals surface area contributed by atoms with E-state index in [4.69, 9.17) is 15.6 Å². The Morgan fingerprint density at radius 3 is 2.33 bits per heavy atom. The Morgan fingerprint density at radius 2 is 1.83 bits per heavy atom. The van der Waals surface area contributed by atoms with Gasteiger partial charge in [-0.3, -0.25) is 18.7 Å². The van der Waals surface area contributed by atoms with E-state index in [2.05, 4.69) is 0 Å². The van der Waals surface area contributed by atoms with Crippen LogP contribution >= 0.6 is 0 Å². The van der Waals surface area contributed by atoms with Crippen molar-refractivity contribution in [2.24, 2.45) is 5.73 Å². The maximum absolute atomic E-state index is 12.3. The van der Waals surface area contributed by atoms with Gasteiger partial charge < -0.3 is 15.6 Å². The minimum Gasteiger partial charge on any atom is -0.484 e. The summed E-state index contributed by atoms with van der Waals surface area (Å²) in [6.45, 7) is 1.32. The monoisotopic (exact) mass is 333 g/mol. The van der Waals surface area contributed by atoms with Crippen molar-refractivity contribution in [3.8, 4) is 11.4 Å². The van der Waals surface area contributed by atoms with Gasteiger partial charge in [0, 0.05) is 12.7 Å². The third kappa shape index (κ3) is 3.35. The molecule has 0 radical (unpaired) electrons. The number of rotatable bonds is 6. The normalized spacial score (nSPS) is 10.4. The highest BCUT2D eigenvalue weighted by Crippen LogP contribution is 2.14. The van der Waals surface area contributed by atoms with Gasteiger partial charge in [-0.25, -0.2) is 9.59 Å². The molecule has 1 aromatic carbocycles. The van der Waals surface area contributed by atoms with Crippen LogP contribution in [0.4, 0.5) is 0 Å². The molecule has 0 fully saturated rings. The van der Waals surface area contributed by atoms with Crippen LogP contribution in [0.25, 0.3) is 5.69 Å². The molecule has 0 spiro atoms. The van der Waals surface area contributed by atoms with Gasteiger partial charge in [0.2, 0.25) is 0 Å². The van der Waals surface area contributed by atoms with Crippen LogP contribution in [0.15, 0.2) is 40.1 Å². The average Bonchev–Trinajstić information content (AvgIpc) is 2.54. The molecule has 0 bridgehead atoms. The molecular weight excluding hydrogens is 318 g/mol. The standard InChI is InChI=1S/C15H15N3O6/c1-2-17-13(20)11(14(21)22)7-18(15(17)23)9-3-5-10(6-4-9)24-8-12(16)19/h3-7H,2,8H2,1H3,(H2,16,19)(H,21,22). The summed E-state index contributed by atoms with van der Waals surface area (Å²) in [4.78, 5) is 46.2. The summed E-state index contributed by atoms with van der Waals surface area (Å²) in [6, 6.07) is 5.97. The molecule has 3 N–H and O–H groups in total. The minimum absolute atomic E-state index is 0.0403. The van der Waals surface area contributed by atoms with Gasteiger partial charge in [0.1, 0.15) is 11.3 Å². The first-order chi connectivity index (χ1) is 11.3. The van der Waals surface area contributed by atoms with E-state index in [1.54, 1.807) is 6.92 Å². The first kappa shape index (κ1) is 17.0. The molecule has 9 heteroatoms. The fraction of sp³-hybridized carbons (Fsp3) is 0.200. The van der Waals surface area contributed by atoms with Crippen molar-refractivity contribution >= 4 is 11.9 Å². The molecule has 0 saturated carbocycles. The molecule has 0 aliphatic heterocycles. The summed E-state index contributed by atoms with van der Waals surface area (Å²) in [5.41, 5.74) is 3.30. The Hall–Kier alpha value is -3.36. The lowest BCUT2D eigenvalue weighted by Crippen LogP contribution is -2.41. The summed E-state index contributed by atoms with van der Waals surface area (Å²) in [5, 5.41) is 9.12. The zero-order valence-corrected chi connectivity index (χ0v) is 12.8. The molecule has 0 unspecified atom stereocenters. The van der Waals surface area contributed by atoms with Gasteiger partial charge >= 0.3 is 11.7 Å². The number of nitrogens with zero attached hydrogens (tertiary/aromatic N) is 2. The summed E-state index contributed by atoms with van der Waals surface area (Å²) in [5.74, 6) is -1.69. The second-order valence-corrected chi connectivity index (χ2v) is 4.80. The van der Waals surface area contributed by atoms with Gasteiger partial charge in [0.15, 0.2) is 6.61 Å². The number of amides is 1. The van der Waals surface area contributed by atoms with E-state index >= 15 is 0 Å². The summed E-state index contributed by atoms with van der Waals surface area (Å²) in [7, 11) is 0. The van der Waals surface area contributed by atoms with Crippen molar-refractivity contribution in [2.45, 2.75) is 13.5 Å². The van der Waals surface area contributed by atoms with Crippen LogP contribution in [0.5, 0.6) is 5.75 Å². The lowest BCUT2D eigenvalue weighted by Gasteiger charge is -2.11. The molecule has 126 valence electrons. The van der Waals surface area contributed by atoms with Crippen molar-refractivity contribution < 1.29 is 19.4 Å². The number of carbonyl (C=O) groups is 2. The van der Waals surface area contributed by atoms with Gasteiger partial charge in [0.05, 0.1) is 5.69 Å². The SMILES string of the molecule is CCn1c(=O)c(C(=O)O)cn(-c2ccc(OCC(N)=O)cc2)c1=O. The average molecular weight is 333 g/mol. The number of ether oxygens (including phenoxy) is 1. The fourth-order valence-corrected chi connectivity index (χ4v) is 2.07. The van der Waals surface area contributed by atoms with E-state index in [9.17, 15) is 19.2 Å². The number of hydrogen-bond donors (Lipinski definition) is 2. The number of aromatic nitrogens is 2. The Bertz CT molecular complexity index is 895. The van der Waals surface area contributed by atoms with Crippen LogP contribution in [0, 0.1) is 0 Å². The van der Waals surface area contributed by atoms with Gasteiger partial charge in [0.25, 0.3) is 11.5 Å². The highest BCUT2D eigenvalue weighted by atomic mass is 16.5. The Kier molecular flexibility index (Phi) is 4.83. The number of carboxylic acids is 1. The Morgan fingerprint density at radius 1 is 1.21 bits per heavy atom. The molecule has 0 aliphatic rings. The summed E-state index contributed by atoms with van der Waals surface area (Å²) >= 11 is 0. The number of carboxylic acid groups (broad SMARTS) is 1. The van der Waals surface area contributed by atoms with Crippen LogP contribution in [-0.2, 0) is 11.3 Å². The van der Waals surface area contributed by atoms with Crippen LogP contribution in [-0.4, -0.2) is 32.7 Å². The quantitative estimate of drug-likeness (QED) is 0.737. The third-order valence-corrected chi connectivity index (χ3v) is 3.21. The first-order valence-corrected chi connectivity index (χ1v) is 6.96. The topological polar surface area (TPSA) is 134 Å². The van der Waals surface area contributed by atoms with Crippen molar-refractivity contribution in [3.63, 3.8) is 0 Å². The molecule has 9 nitrogen and oxygen atoms in total.